The van der Waals surface area contributed by atoms with Gasteiger partial charge in [-0.2, -0.15) is 5.26 Å². The minimum atomic E-state index is -1.11. The first-order chi connectivity index (χ1) is 7.29. The van der Waals surface area contributed by atoms with Gasteiger partial charge in [0.05, 0.1) is 12.7 Å². The first-order valence-electron chi connectivity index (χ1n) is 5.09. The second-order valence-electron chi connectivity index (χ2n) is 3.27. The molecule has 1 atom stereocenters. The SMILES string of the molecule is CCCCOc1ccccc1C(O)C#N. The normalized spacial score (nSPS) is 11.8. The number of ether oxygens (including phenoxy) is 1. The van der Waals surface area contributed by atoms with Crippen LogP contribution in [0, 0.1) is 11.3 Å². The highest BCUT2D eigenvalue weighted by molar-refractivity contribution is 5.37. The Labute approximate surface area is 89.9 Å². The second kappa shape index (κ2) is 6.05. The number of nitriles is 1. The predicted octanol–water partition coefficient (Wildman–Crippen LogP) is 2.42. The Hall–Kier alpha value is -1.53. The van der Waals surface area contributed by atoms with Crippen molar-refractivity contribution in [3.05, 3.63) is 29.8 Å². The van der Waals surface area contributed by atoms with Crippen LogP contribution < -0.4 is 4.74 Å². The van der Waals surface area contributed by atoms with Crippen LogP contribution in [0.3, 0.4) is 0 Å². The number of aliphatic hydroxyl groups is 1. The molecule has 0 heterocycles. The smallest absolute Gasteiger partial charge is 0.169 e. The van der Waals surface area contributed by atoms with E-state index in [9.17, 15) is 5.11 Å². The summed E-state index contributed by atoms with van der Waals surface area (Å²) >= 11 is 0. The third kappa shape index (κ3) is 3.26. The molecule has 0 aliphatic rings. The Morgan fingerprint density at radius 3 is 2.87 bits per heavy atom. The molecule has 0 radical (unpaired) electrons. The lowest BCUT2D eigenvalue weighted by Crippen LogP contribution is -2.02. The zero-order chi connectivity index (χ0) is 11.1. The molecule has 0 amide bonds. The number of hydrogen-bond donors (Lipinski definition) is 1. The summed E-state index contributed by atoms with van der Waals surface area (Å²) in [5.74, 6) is 0.597. The summed E-state index contributed by atoms with van der Waals surface area (Å²) in [6.45, 7) is 2.70. The van der Waals surface area contributed by atoms with E-state index in [0.717, 1.165) is 12.8 Å². The Morgan fingerprint density at radius 2 is 2.20 bits per heavy atom. The number of rotatable bonds is 5. The van der Waals surface area contributed by atoms with Crippen molar-refractivity contribution in [2.45, 2.75) is 25.9 Å². The van der Waals surface area contributed by atoms with E-state index >= 15 is 0 Å². The number of benzene rings is 1. The van der Waals surface area contributed by atoms with Crippen LogP contribution in [-0.2, 0) is 0 Å². The van der Waals surface area contributed by atoms with Crippen LogP contribution in [-0.4, -0.2) is 11.7 Å². The number of hydrogen-bond acceptors (Lipinski definition) is 3. The third-order valence-electron chi connectivity index (χ3n) is 2.09. The summed E-state index contributed by atoms with van der Waals surface area (Å²) in [5, 5.41) is 18.1. The van der Waals surface area contributed by atoms with Gasteiger partial charge in [0, 0.05) is 5.56 Å². The molecule has 1 aromatic rings. The van der Waals surface area contributed by atoms with Gasteiger partial charge < -0.3 is 9.84 Å². The van der Waals surface area contributed by atoms with E-state index in [-0.39, 0.29) is 0 Å². The van der Waals surface area contributed by atoms with Gasteiger partial charge in [0.15, 0.2) is 6.10 Å². The molecular formula is C12H15NO2. The quantitative estimate of drug-likeness (QED) is 0.593. The average Bonchev–Trinajstić information content (AvgIpc) is 2.29. The van der Waals surface area contributed by atoms with Gasteiger partial charge in [-0.25, -0.2) is 0 Å². The highest BCUT2D eigenvalue weighted by Crippen LogP contribution is 2.24. The molecular weight excluding hydrogens is 190 g/mol. The molecule has 3 heteroatoms. The third-order valence-corrected chi connectivity index (χ3v) is 2.09. The number of aliphatic hydroxyl groups excluding tert-OH is 1. The lowest BCUT2D eigenvalue weighted by atomic mass is 10.1. The zero-order valence-electron chi connectivity index (χ0n) is 8.81. The van der Waals surface area contributed by atoms with Gasteiger partial charge >= 0.3 is 0 Å². The van der Waals surface area contributed by atoms with Crippen molar-refractivity contribution in [3.63, 3.8) is 0 Å². The van der Waals surface area contributed by atoms with E-state index in [1.54, 1.807) is 24.3 Å². The van der Waals surface area contributed by atoms with E-state index in [4.69, 9.17) is 10.00 Å². The van der Waals surface area contributed by atoms with Crippen LogP contribution in [0.4, 0.5) is 0 Å². The van der Waals surface area contributed by atoms with Gasteiger partial charge in [-0.15, -0.1) is 0 Å². The van der Waals surface area contributed by atoms with Crippen molar-refractivity contribution >= 4 is 0 Å². The van der Waals surface area contributed by atoms with Crippen molar-refractivity contribution in [2.24, 2.45) is 0 Å². The maximum Gasteiger partial charge on any atom is 0.169 e. The number of nitrogens with zero attached hydrogens (tertiary/aromatic N) is 1. The van der Waals surface area contributed by atoms with Crippen LogP contribution in [0.25, 0.3) is 0 Å². The molecule has 3 nitrogen and oxygen atoms in total. The van der Waals surface area contributed by atoms with E-state index in [1.807, 2.05) is 6.07 Å². The molecule has 1 unspecified atom stereocenters. The summed E-state index contributed by atoms with van der Waals surface area (Å²) < 4.78 is 5.49. The lowest BCUT2D eigenvalue weighted by Gasteiger charge is -2.11. The Bertz CT molecular complexity index is 344. The van der Waals surface area contributed by atoms with Gasteiger partial charge in [0.2, 0.25) is 0 Å². The summed E-state index contributed by atoms with van der Waals surface area (Å²) in [5.41, 5.74) is 0.538. The Kier molecular flexibility index (Phi) is 4.65. The topological polar surface area (TPSA) is 53.2 Å². The highest BCUT2D eigenvalue weighted by Gasteiger charge is 2.11. The molecule has 0 spiro atoms. The summed E-state index contributed by atoms with van der Waals surface area (Å²) in [6.07, 6.45) is 0.919. The van der Waals surface area contributed by atoms with Gasteiger partial charge in [0.25, 0.3) is 0 Å². The minimum absolute atomic E-state index is 0.538. The fourth-order valence-electron chi connectivity index (χ4n) is 1.23. The largest absolute Gasteiger partial charge is 0.493 e. The van der Waals surface area contributed by atoms with Crippen LogP contribution in [0.5, 0.6) is 5.75 Å². The Balaban J connectivity index is 2.74. The summed E-state index contributed by atoms with van der Waals surface area (Å²) in [6, 6.07) is 8.87. The van der Waals surface area contributed by atoms with Crippen molar-refractivity contribution in [1.82, 2.24) is 0 Å². The molecule has 1 aromatic carbocycles. The molecule has 1 rings (SSSR count). The van der Waals surface area contributed by atoms with Gasteiger partial charge in [-0.1, -0.05) is 31.5 Å². The minimum Gasteiger partial charge on any atom is -0.493 e. The van der Waals surface area contributed by atoms with Gasteiger partial charge in [-0.3, -0.25) is 0 Å². The number of unbranched alkanes of at least 4 members (excludes halogenated alkanes) is 1. The van der Waals surface area contributed by atoms with Crippen LogP contribution in [0.15, 0.2) is 24.3 Å². The van der Waals surface area contributed by atoms with Crippen molar-refractivity contribution < 1.29 is 9.84 Å². The van der Waals surface area contributed by atoms with Crippen LogP contribution in [0.2, 0.25) is 0 Å². The van der Waals surface area contributed by atoms with E-state index in [1.165, 1.54) is 0 Å². The second-order valence-corrected chi connectivity index (χ2v) is 3.27. The molecule has 0 aromatic heterocycles. The van der Waals surface area contributed by atoms with Crippen LogP contribution >= 0.6 is 0 Å². The van der Waals surface area contributed by atoms with Crippen molar-refractivity contribution in [1.29, 1.82) is 5.26 Å². The monoisotopic (exact) mass is 205 g/mol. The Morgan fingerprint density at radius 1 is 1.47 bits per heavy atom. The molecule has 0 saturated heterocycles. The molecule has 1 N–H and O–H groups in total. The standard InChI is InChI=1S/C12H15NO2/c1-2-3-8-15-12-7-5-4-6-10(12)11(14)9-13/h4-7,11,14H,2-3,8H2,1H3. The first-order valence-corrected chi connectivity index (χ1v) is 5.09. The van der Waals surface area contributed by atoms with Gasteiger partial charge in [0.1, 0.15) is 5.75 Å². The fourth-order valence-corrected chi connectivity index (χ4v) is 1.23. The van der Waals surface area contributed by atoms with E-state index in [0.29, 0.717) is 17.9 Å². The molecule has 0 aliphatic heterocycles. The zero-order valence-corrected chi connectivity index (χ0v) is 8.81. The van der Waals surface area contributed by atoms with Crippen molar-refractivity contribution in [2.75, 3.05) is 6.61 Å². The van der Waals surface area contributed by atoms with Crippen molar-refractivity contribution in [3.8, 4) is 11.8 Å². The fraction of sp³-hybridized carbons (Fsp3) is 0.417. The first kappa shape index (κ1) is 11.5. The highest BCUT2D eigenvalue weighted by atomic mass is 16.5. The molecule has 0 fully saturated rings. The molecule has 0 saturated carbocycles. The average molecular weight is 205 g/mol. The maximum absolute atomic E-state index is 9.43. The molecule has 80 valence electrons. The van der Waals surface area contributed by atoms with E-state index in [2.05, 4.69) is 6.92 Å². The molecule has 0 bridgehead atoms. The van der Waals surface area contributed by atoms with Crippen LogP contribution in [0.1, 0.15) is 31.4 Å². The summed E-state index contributed by atoms with van der Waals surface area (Å²) in [7, 11) is 0. The number of para-hydroxylation sites is 1. The molecule has 15 heavy (non-hydrogen) atoms. The lowest BCUT2D eigenvalue weighted by molar-refractivity contribution is 0.224. The maximum atomic E-state index is 9.43. The van der Waals surface area contributed by atoms with E-state index < -0.39 is 6.10 Å². The summed E-state index contributed by atoms with van der Waals surface area (Å²) in [4.78, 5) is 0. The van der Waals surface area contributed by atoms with Gasteiger partial charge in [-0.05, 0) is 12.5 Å². The predicted molar refractivity (Wildman–Crippen MR) is 57.4 cm³/mol. The molecule has 0 aliphatic carbocycles.